The Morgan fingerprint density at radius 3 is 1.68 bits per heavy atom. The molecule has 0 aliphatic carbocycles. The van der Waals surface area contributed by atoms with E-state index in [9.17, 15) is 18.8 Å². The van der Waals surface area contributed by atoms with E-state index in [0.717, 1.165) is 46.7 Å². The number of Topliss-reactive ketones (excluding diaryl/α,β-unsaturated/α-hetero) is 1. The van der Waals surface area contributed by atoms with Crippen LogP contribution in [0.3, 0.4) is 0 Å². The molecule has 4 aromatic rings. The van der Waals surface area contributed by atoms with Crippen LogP contribution in [0.5, 0.6) is 0 Å². The fourth-order valence-electron chi connectivity index (χ4n) is 7.95. The molecule has 2 aromatic carbocycles. The number of ketones is 1. The maximum absolute atomic E-state index is 13.6. The number of pyridine rings is 1. The zero-order valence-corrected chi connectivity index (χ0v) is 61.3. The average Bonchev–Trinajstić information content (AvgIpc) is 3.67. The molecule has 12 heteroatoms. The number of aromatic nitrogens is 3. The summed E-state index contributed by atoms with van der Waals surface area (Å²) in [7, 11) is 3.24. The first-order chi connectivity index (χ1) is 40.4. The second kappa shape index (κ2) is 60.6. The number of benzene rings is 2. The molecular formula is C72H126FIN5O4P. The number of fused-ring (bicyclic) bond motifs is 1. The number of rotatable bonds is 27. The van der Waals surface area contributed by atoms with Gasteiger partial charge in [-0.15, -0.1) is 0 Å². The highest BCUT2D eigenvalue weighted by Crippen LogP contribution is 2.36. The lowest BCUT2D eigenvalue weighted by molar-refractivity contribution is -0.122. The summed E-state index contributed by atoms with van der Waals surface area (Å²) in [6, 6.07) is 16.2. The summed E-state index contributed by atoms with van der Waals surface area (Å²) in [4.78, 5) is 42.5. The highest BCUT2D eigenvalue weighted by Gasteiger charge is 2.18. The number of nitrogens with one attached hydrogen (secondary N) is 2. The van der Waals surface area contributed by atoms with Crippen LogP contribution in [-0.4, -0.2) is 52.5 Å². The lowest BCUT2D eigenvalue weighted by Crippen LogP contribution is -2.42. The van der Waals surface area contributed by atoms with Crippen molar-refractivity contribution in [3.63, 3.8) is 0 Å². The molecule has 2 heterocycles. The van der Waals surface area contributed by atoms with Gasteiger partial charge in [0, 0.05) is 55.7 Å². The van der Waals surface area contributed by atoms with Crippen molar-refractivity contribution in [2.75, 3.05) is 14.2 Å². The summed E-state index contributed by atoms with van der Waals surface area (Å²) >= 11 is 2.40. The maximum Gasteiger partial charge on any atom is 0.242 e. The molecule has 2 atom stereocenters. The van der Waals surface area contributed by atoms with Crippen molar-refractivity contribution >= 4 is 63.5 Å². The topological polar surface area (TPSA) is 115 Å². The molecule has 84 heavy (non-hydrogen) atoms. The number of amides is 1. The number of nitrogens with zero attached hydrogens (tertiary/aromatic N) is 3. The molecule has 0 aliphatic rings. The molecule has 0 fully saturated rings. The van der Waals surface area contributed by atoms with Crippen molar-refractivity contribution < 1.29 is 23.5 Å². The Kier molecular flexibility index (Phi) is 64.0. The number of methoxy groups -OCH3 is 1. The number of hydrogen-bond donors (Lipinski definition) is 2. The highest BCUT2D eigenvalue weighted by molar-refractivity contribution is 14.2. The van der Waals surface area contributed by atoms with E-state index in [2.05, 4.69) is 168 Å². The normalized spacial score (nSPS) is 10.9. The van der Waals surface area contributed by atoms with E-state index < -0.39 is 6.04 Å². The molecular weight excluding hydrogens is 1180 g/mol. The standard InChI is InChI=1S/C20H23IN3OP.C15H22O.C14H23FN2O2.C9H20.2C4H10.3C2H6/c1-5-13(2)10-17-14(3)22-9-8-16(17)15-6-7-18-19(11-15)24(26-21)20(23-18)12-25-4;1-4-6-14(7-5-2)15-10-8-13(9-11-15)12(3)16;1-5-11(9-12(15)10(2)3)17-13(7-6-8-18)14(19)16-4;1-4-7-9(6-3)8-5-2;2*1-3-4-2;3*1-2/h6-11,26H,5,12H2,1-4H3;8-11,14H,4-7H2,1-3H3;8-9,13,17H,5-7H2,1-4H3,(H,16,19);9H,4-8H2,1-3H3;2*3-4H2,1-2H3;3*1-2H3/b13-10+;;11-9+;;;;;;. The summed E-state index contributed by atoms with van der Waals surface area (Å²) in [5.74, 6) is 2.28. The van der Waals surface area contributed by atoms with Crippen LogP contribution < -0.4 is 10.6 Å². The van der Waals surface area contributed by atoms with E-state index in [0.29, 0.717) is 43.0 Å². The number of ether oxygens (including phenoxy) is 1. The Morgan fingerprint density at radius 1 is 0.738 bits per heavy atom. The largest absolute Gasteiger partial charge is 0.377 e. The van der Waals surface area contributed by atoms with Gasteiger partial charge in [0.15, 0.2) is 5.78 Å². The molecule has 0 spiro atoms. The number of carbonyl (C=O) groups is 3. The molecule has 9 nitrogen and oxygen atoms in total. The minimum absolute atomic E-state index is 0.147. The predicted octanol–water partition coefficient (Wildman–Crippen LogP) is 23.3. The Balaban J connectivity index is -0.000000319. The van der Waals surface area contributed by atoms with E-state index in [1.54, 1.807) is 27.9 Å². The molecule has 0 aliphatic heterocycles. The molecule has 0 radical (unpaired) electrons. The van der Waals surface area contributed by atoms with Gasteiger partial charge in [0.1, 0.15) is 30.6 Å². The summed E-state index contributed by atoms with van der Waals surface area (Å²) < 4.78 is 21.1. The summed E-state index contributed by atoms with van der Waals surface area (Å²) in [5, 5.41) is 5.52. The van der Waals surface area contributed by atoms with Gasteiger partial charge >= 0.3 is 0 Å². The van der Waals surface area contributed by atoms with Gasteiger partial charge in [-0.25, -0.2) is 9.37 Å². The fraction of sp³-hybridized carbons (Fsp3) is 0.625. The van der Waals surface area contributed by atoms with Gasteiger partial charge in [-0.1, -0.05) is 230 Å². The number of halogens is 2. The number of carbonyl (C=O) groups excluding carboxylic acids is 3. The van der Waals surface area contributed by atoms with Crippen LogP contribution in [0, 0.1) is 12.8 Å². The van der Waals surface area contributed by atoms with E-state index in [1.165, 1.54) is 124 Å². The van der Waals surface area contributed by atoms with Crippen molar-refractivity contribution in [1.29, 1.82) is 0 Å². The third-order valence-corrected chi connectivity index (χ3v) is 15.3. The fourth-order valence-corrected chi connectivity index (χ4v) is 10.0. The zero-order valence-electron chi connectivity index (χ0n) is 58.1. The monoisotopic (exact) mass is 1300 g/mol. The first-order valence-electron chi connectivity index (χ1n) is 32.5. The van der Waals surface area contributed by atoms with Gasteiger partial charge in [0.05, 0.1) is 11.0 Å². The molecule has 1 amide bonds. The minimum Gasteiger partial charge on any atom is -0.377 e. The number of likely N-dealkylation sites (N-methyl/N-ethyl adjacent to an activating group) is 1. The van der Waals surface area contributed by atoms with Crippen LogP contribution in [0.4, 0.5) is 4.39 Å². The first kappa shape index (κ1) is 88.7. The van der Waals surface area contributed by atoms with E-state index >= 15 is 0 Å². The Bertz CT molecular complexity index is 2300. The van der Waals surface area contributed by atoms with Crippen molar-refractivity contribution in [2.45, 2.75) is 280 Å². The minimum atomic E-state index is -0.522. The molecule has 2 aromatic heterocycles. The SMILES string of the molecule is CC.CC.CC.CC/C(=C\C(F)=C(C)C)NC(CCC=O)C(=O)NC.CC/C(C)=C/c1c(-c2ccc3nc(COC)n(PI)c3c2)ccnc1C.CCCC.CCCC.CCCC(CC)CCC.CCCC(CCC)c1ccc(C(C)=O)cc1. The van der Waals surface area contributed by atoms with Gasteiger partial charge in [-0.2, -0.15) is 0 Å². The van der Waals surface area contributed by atoms with Crippen molar-refractivity contribution in [1.82, 2.24) is 24.9 Å². The Hall–Kier alpha value is -4.06. The average molecular weight is 1300 g/mol. The van der Waals surface area contributed by atoms with Crippen LogP contribution in [0.25, 0.3) is 28.2 Å². The lowest BCUT2D eigenvalue weighted by atomic mass is 9.90. The number of hydrogen-bond acceptors (Lipinski definition) is 7. The van der Waals surface area contributed by atoms with Crippen LogP contribution in [0.15, 0.2) is 83.5 Å². The van der Waals surface area contributed by atoms with Gasteiger partial charge < -0.3 is 20.2 Å². The van der Waals surface area contributed by atoms with E-state index in [4.69, 9.17) is 9.72 Å². The Morgan fingerprint density at radius 2 is 1.27 bits per heavy atom. The number of unbranched alkanes of at least 4 members (excludes halogenated alkanes) is 2. The number of imidazole rings is 1. The Labute approximate surface area is 531 Å². The summed E-state index contributed by atoms with van der Waals surface area (Å²) in [5.41, 5.74) is 11.6. The molecule has 2 N–H and O–H groups in total. The number of allylic oxidation sites excluding steroid dienone is 5. The zero-order chi connectivity index (χ0) is 65.4. The van der Waals surface area contributed by atoms with Crippen molar-refractivity contribution in [3.8, 4) is 11.1 Å². The highest BCUT2D eigenvalue weighted by atomic mass is 127. The van der Waals surface area contributed by atoms with E-state index in [-0.39, 0.29) is 23.9 Å². The quantitative estimate of drug-likeness (QED) is 0.0201. The summed E-state index contributed by atoms with van der Waals surface area (Å²) in [6.07, 6.45) is 26.4. The van der Waals surface area contributed by atoms with E-state index in [1.807, 2.05) is 66.8 Å². The van der Waals surface area contributed by atoms with Crippen molar-refractivity contribution in [2.24, 2.45) is 5.92 Å². The third-order valence-electron chi connectivity index (χ3n) is 13.2. The van der Waals surface area contributed by atoms with Crippen LogP contribution in [0.1, 0.15) is 293 Å². The van der Waals surface area contributed by atoms with Crippen LogP contribution in [-0.2, 0) is 20.9 Å². The first-order valence-corrected chi connectivity index (χ1v) is 36.5. The second-order valence-electron chi connectivity index (χ2n) is 20.0. The smallest absolute Gasteiger partial charge is 0.242 e. The van der Waals surface area contributed by atoms with Gasteiger partial charge in [0.25, 0.3) is 0 Å². The lowest BCUT2D eigenvalue weighted by Gasteiger charge is -2.19. The second-order valence-corrected chi connectivity index (χ2v) is 22.1. The van der Waals surface area contributed by atoms with Crippen LogP contribution >= 0.6 is 28.4 Å². The third kappa shape index (κ3) is 39.6. The molecule has 482 valence electrons. The van der Waals surface area contributed by atoms with Gasteiger partial charge in [0.2, 0.25) is 5.91 Å². The van der Waals surface area contributed by atoms with Crippen molar-refractivity contribution in [3.05, 3.63) is 112 Å². The molecule has 4 rings (SSSR count). The summed E-state index contributed by atoms with van der Waals surface area (Å²) in [6.45, 7) is 45.8. The van der Waals surface area contributed by atoms with Gasteiger partial charge in [-0.05, 0) is 147 Å². The molecule has 0 saturated heterocycles. The maximum atomic E-state index is 13.6. The van der Waals surface area contributed by atoms with Crippen LogP contribution in [0.2, 0.25) is 0 Å². The molecule has 0 bridgehead atoms. The molecule has 2 unspecified atom stereocenters. The number of aryl methyl sites for hydroxylation is 1. The predicted molar refractivity (Wildman–Crippen MR) is 382 cm³/mol. The number of aldehydes is 1. The molecule has 0 saturated carbocycles. The van der Waals surface area contributed by atoms with Gasteiger partial charge in [-0.3, -0.25) is 18.9 Å².